The molecule has 20 heavy (non-hydrogen) atoms. The number of benzene rings is 1. The molecular formula is C15H16N2O3. The van der Waals surface area contributed by atoms with Gasteiger partial charge in [0.1, 0.15) is 6.61 Å². The van der Waals surface area contributed by atoms with Crippen LogP contribution in [0, 0.1) is 11.8 Å². The molecule has 1 atom stereocenters. The Morgan fingerprint density at radius 1 is 1.50 bits per heavy atom. The van der Waals surface area contributed by atoms with Crippen molar-refractivity contribution in [1.82, 2.24) is 10.6 Å². The maximum absolute atomic E-state index is 12.0. The molecule has 1 aromatic carbocycles. The second-order valence-corrected chi connectivity index (χ2v) is 4.55. The van der Waals surface area contributed by atoms with Crippen molar-refractivity contribution in [2.24, 2.45) is 0 Å². The van der Waals surface area contributed by atoms with Crippen molar-refractivity contribution < 1.29 is 14.7 Å². The van der Waals surface area contributed by atoms with Crippen LogP contribution < -0.4 is 10.6 Å². The normalized spacial score (nSPS) is 17.1. The third-order valence-corrected chi connectivity index (χ3v) is 3.03. The molecule has 104 valence electrons. The first-order valence-electron chi connectivity index (χ1n) is 6.46. The summed E-state index contributed by atoms with van der Waals surface area (Å²) in [5, 5.41) is 14.2. The van der Waals surface area contributed by atoms with Gasteiger partial charge >= 0.3 is 0 Å². The van der Waals surface area contributed by atoms with Gasteiger partial charge in [0.15, 0.2) is 0 Å². The highest BCUT2D eigenvalue weighted by Gasteiger charge is 2.21. The van der Waals surface area contributed by atoms with Crippen LogP contribution in [-0.4, -0.2) is 36.1 Å². The second kappa shape index (κ2) is 6.73. The second-order valence-electron chi connectivity index (χ2n) is 4.55. The highest BCUT2D eigenvalue weighted by atomic mass is 16.2. The lowest BCUT2D eigenvalue weighted by Gasteiger charge is -2.11. The van der Waals surface area contributed by atoms with E-state index in [2.05, 4.69) is 22.5 Å². The van der Waals surface area contributed by atoms with E-state index in [-0.39, 0.29) is 24.5 Å². The molecule has 0 aromatic heterocycles. The minimum Gasteiger partial charge on any atom is -0.384 e. The predicted molar refractivity (Wildman–Crippen MR) is 73.9 cm³/mol. The molecule has 0 bridgehead atoms. The fourth-order valence-corrected chi connectivity index (χ4v) is 2.03. The Hall–Kier alpha value is -2.32. The minimum absolute atomic E-state index is 0.0174. The number of hydrogen-bond donors (Lipinski definition) is 3. The van der Waals surface area contributed by atoms with Crippen molar-refractivity contribution in [2.45, 2.75) is 18.9 Å². The largest absolute Gasteiger partial charge is 0.384 e. The molecule has 5 nitrogen and oxygen atoms in total. The van der Waals surface area contributed by atoms with Crippen LogP contribution in [0.1, 0.15) is 28.8 Å². The van der Waals surface area contributed by atoms with Crippen LogP contribution in [0.4, 0.5) is 0 Å². The smallest absolute Gasteiger partial charge is 0.251 e. The summed E-state index contributed by atoms with van der Waals surface area (Å²) in [5.41, 5.74) is 1.19. The van der Waals surface area contributed by atoms with E-state index in [0.717, 1.165) is 6.42 Å². The highest BCUT2D eigenvalue weighted by molar-refractivity contribution is 5.94. The number of hydrogen-bond acceptors (Lipinski definition) is 3. The van der Waals surface area contributed by atoms with E-state index in [9.17, 15) is 9.59 Å². The zero-order valence-electron chi connectivity index (χ0n) is 11.0. The number of rotatable bonds is 3. The molecule has 0 saturated carbocycles. The maximum Gasteiger partial charge on any atom is 0.251 e. The Labute approximate surface area is 117 Å². The lowest BCUT2D eigenvalue weighted by Crippen LogP contribution is -2.38. The Balaban J connectivity index is 1.93. The van der Waals surface area contributed by atoms with E-state index in [1.807, 2.05) is 0 Å². The van der Waals surface area contributed by atoms with Crippen molar-refractivity contribution in [2.75, 3.05) is 13.2 Å². The summed E-state index contributed by atoms with van der Waals surface area (Å²) in [6.45, 7) is 0.217. The maximum atomic E-state index is 12.0. The van der Waals surface area contributed by atoms with Gasteiger partial charge in [0.2, 0.25) is 5.91 Å². The molecule has 1 aliphatic rings. The summed E-state index contributed by atoms with van der Waals surface area (Å²) in [5.74, 6) is 5.13. The van der Waals surface area contributed by atoms with E-state index in [4.69, 9.17) is 5.11 Å². The van der Waals surface area contributed by atoms with Gasteiger partial charge in [-0.3, -0.25) is 9.59 Å². The van der Waals surface area contributed by atoms with Gasteiger partial charge < -0.3 is 15.7 Å². The molecule has 1 aromatic rings. The van der Waals surface area contributed by atoms with Crippen molar-refractivity contribution in [3.05, 3.63) is 35.4 Å². The molecular weight excluding hydrogens is 256 g/mol. The van der Waals surface area contributed by atoms with Gasteiger partial charge in [0.05, 0.1) is 0 Å². The van der Waals surface area contributed by atoms with E-state index >= 15 is 0 Å². The van der Waals surface area contributed by atoms with Crippen LogP contribution in [-0.2, 0) is 4.79 Å². The average molecular weight is 272 g/mol. The van der Waals surface area contributed by atoms with Crippen LogP contribution in [0.15, 0.2) is 24.3 Å². The zero-order valence-corrected chi connectivity index (χ0v) is 11.0. The number of amides is 2. The molecule has 1 aliphatic heterocycles. The quantitative estimate of drug-likeness (QED) is 0.680. The van der Waals surface area contributed by atoms with E-state index < -0.39 is 0 Å². The molecule has 2 rings (SSSR count). The Morgan fingerprint density at radius 2 is 2.35 bits per heavy atom. The number of carbonyl (C=O) groups excluding carboxylic acids is 2. The van der Waals surface area contributed by atoms with Crippen LogP contribution in [0.25, 0.3) is 0 Å². The van der Waals surface area contributed by atoms with Gasteiger partial charge in [0, 0.05) is 30.1 Å². The SMILES string of the molecule is O=C1CCC(CNC(=O)c2cccc(C#CCO)c2)N1. The van der Waals surface area contributed by atoms with E-state index in [1.54, 1.807) is 24.3 Å². The number of carbonyl (C=O) groups is 2. The summed E-state index contributed by atoms with van der Waals surface area (Å²) >= 11 is 0. The Kier molecular flexibility index (Phi) is 4.75. The van der Waals surface area contributed by atoms with Crippen molar-refractivity contribution in [3.63, 3.8) is 0 Å². The third kappa shape index (κ3) is 3.84. The van der Waals surface area contributed by atoms with Gasteiger partial charge in [-0.1, -0.05) is 17.9 Å². The number of aliphatic hydroxyl groups is 1. The number of aliphatic hydroxyl groups excluding tert-OH is 1. The average Bonchev–Trinajstić information content (AvgIpc) is 2.88. The summed E-state index contributed by atoms with van der Waals surface area (Å²) in [6, 6.07) is 6.91. The first-order chi connectivity index (χ1) is 9.69. The Bertz CT molecular complexity index is 572. The lowest BCUT2D eigenvalue weighted by atomic mass is 10.1. The highest BCUT2D eigenvalue weighted by Crippen LogP contribution is 2.07. The van der Waals surface area contributed by atoms with Gasteiger partial charge in [-0.25, -0.2) is 0 Å². The van der Waals surface area contributed by atoms with Crippen LogP contribution in [0.5, 0.6) is 0 Å². The van der Waals surface area contributed by atoms with Crippen LogP contribution >= 0.6 is 0 Å². The molecule has 1 unspecified atom stereocenters. The van der Waals surface area contributed by atoms with Gasteiger partial charge in [0.25, 0.3) is 5.91 Å². The molecule has 0 radical (unpaired) electrons. The standard InChI is InChI=1S/C15H16N2O3/c18-8-2-4-11-3-1-5-12(9-11)15(20)16-10-13-6-7-14(19)17-13/h1,3,5,9,13,18H,6-8,10H2,(H,16,20)(H,17,19). The van der Waals surface area contributed by atoms with Crippen LogP contribution in [0.3, 0.4) is 0 Å². The molecule has 1 heterocycles. The van der Waals surface area contributed by atoms with Gasteiger partial charge in [-0.2, -0.15) is 0 Å². The summed E-state index contributed by atoms with van der Waals surface area (Å²) in [4.78, 5) is 23.0. The third-order valence-electron chi connectivity index (χ3n) is 3.03. The monoisotopic (exact) mass is 272 g/mol. The number of nitrogens with one attached hydrogen (secondary N) is 2. The zero-order chi connectivity index (χ0) is 14.4. The molecule has 1 saturated heterocycles. The van der Waals surface area contributed by atoms with Crippen molar-refractivity contribution in [3.8, 4) is 11.8 Å². The molecule has 3 N–H and O–H groups in total. The lowest BCUT2D eigenvalue weighted by molar-refractivity contribution is -0.119. The topological polar surface area (TPSA) is 78.4 Å². The summed E-state index contributed by atoms with van der Waals surface area (Å²) < 4.78 is 0. The molecule has 1 fully saturated rings. The van der Waals surface area contributed by atoms with Crippen LogP contribution in [0.2, 0.25) is 0 Å². The first-order valence-corrected chi connectivity index (χ1v) is 6.46. The Morgan fingerprint density at radius 3 is 3.05 bits per heavy atom. The summed E-state index contributed by atoms with van der Waals surface area (Å²) in [7, 11) is 0. The van der Waals surface area contributed by atoms with Crippen molar-refractivity contribution in [1.29, 1.82) is 0 Å². The predicted octanol–water partition coefficient (Wildman–Crippen LogP) is 0.0388. The fourth-order valence-electron chi connectivity index (χ4n) is 2.03. The van der Waals surface area contributed by atoms with Gasteiger partial charge in [-0.05, 0) is 24.6 Å². The molecule has 0 aliphatic carbocycles. The molecule has 0 spiro atoms. The fraction of sp³-hybridized carbons (Fsp3) is 0.333. The van der Waals surface area contributed by atoms with E-state index in [1.165, 1.54) is 0 Å². The summed E-state index contributed by atoms with van der Waals surface area (Å²) in [6.07, 6.45) is 1.27. The van der Waals surface area contributed by atoms with Gasteiger partial charge in [-0.15, -0.1) is 0 Å². The molecule has 2 amide bonds. The van der Waals surface area contributed by atoms with E-state index in [0.29, 0.717) is 24.1 Å². The first kappa shape index (κ1) is 14.1. The molecule has 5 heteroatoms. The minimum atomic E-state index is -0.211. The van der Waals surface area contributed by atoms with Crippen molar-refractivity contribution >= 4 is 11.8 Å².